The van der Waals surface area contributed by atoms with Crippen molar-refractivity contribution >= 4 is 46.2 Å². The molecule has 15 heteroatoms. The van der Waals surface area contributed by atoms with E-state index in [1.54, 1.807) is 31.3 Å². The van der Waals surface area contributed by atoms with Crippen LogP contribution in [0.2, 0.25) is 0 Å². The van der Waals surface area contributed by atoms with Gasteiger partial charge in [0.15, 0.2) is 34.0 Å². The lowest BCUT2D eigenvalue weighted by molar-refractivity contribution is -0.215. The van der Waals surface area contributed by atoms with Crippen molar-refractivity contribution in [2.45, 2.75) is 83.5 Å². The average molecular weight is 804 g/mol. The molecule has 308 valence electrons. The molecule has 1 unspecified atom stereocenters. The van der Waals surface area contributed by atoms with Crippen molar-refractivity contribution in [1.82, 2.24) is 30.6 Å². The number of allylic oxidation sites excluding steroid dienone is 4. The number of nitrogen functional groups attached to an aromatic ring is 2. The molecule has 0 bridgehead atoms. The van der Waals surface area contributed by atoms with Gasteiger partial charge in [-0.1, -0.05) is 55.8 Å². The molecule has 4 aliphatic carbocycles. The van der Waals surface area contributed by atoms with Gasteiger partial charge in [0.1, 0.15) is 0 Å². The number of hydrogen-bond donors (Lipinski definition) is 6. The summed E-state index contributed by atoms with van der Waals surface area (Å²) in [6, 6.07) is 14.6. The van der Waals surface area contributed by atoms with Crippen LogP contribution in [0.25, 0.3) is 11.2 Å². The van der Waals surface area contributed by atoms with E-state index < -0.39 is 45.9 Å². The maximum absolute atomic E-state index is 17.6. The van der Waals surface area contributed by atoms with Crippen LogP contribution in [0.3, 0.4) is 0 Å². The molecule has 59 heavy (non-hydrogen) atoms. The zero-order valence-electron chi connectivity index (χ0n) is 33.6. The number of nitrogens with zero attached hydrogens (tertiary/aromatic N) is 5. The molecule has 8 rings (SSSR count). The number of fused-ring (bicyclic) bond motifs is 6. The molecule has 8 atom stereocenters. The molecule has 2 heterocycles. The van der Waals surface area contributed by atoms with Crippen molar-refractivity contribution in [3.05, 3.63) is 101 Å². The number of alkyl halides is 1. The minimum Gasteiger partial charge on any atom is -0.390 e. The molecule has 4 aliphatic rings. The molecule has 0 radical (unpaired) electrons. The number of nitrogens with two attached hydrogens (primary N) is 2. The van der Waals surface area contributed by atoms with Gasteiger partial charge in [-0.05, 0) is 79.5 Å². The summed E-state index contributed by atoms with van der Waals surface area (Å²) in [6.07, 6.45) is 5.88. The molecule has 2 amide bonds. The minimum absolute atomic E-state index is 0.0295. The van der Waals surface area contributed by atoms with Crippen LogP contribution >= 0.6 is 0 Å². The van der Waals surface area contributed by atoms with Gasteiger partial charge in [-0.25, -0.2) is 14.4 Å². The Balaban J connectivity index is 0.882. The highest BCUT2D eigenvalue weighted by Gasteiger charge is 2.75. The Morgan fingerprint density at radius 3 is 2.46 bits per heavy atom. The number of aromatic nitrogens is 4. The van der Waals surface area contributed by atoms with Gasteiger partial charge < -0.3 is 37.2 Å². The fourth-order valence-electron chi connectivity index (χ4n) is 10.6. The summed E-state index contributed by atoms with van der Waals surface area (Å²) in [5, 5.41) is 29.9. The first kappa shape index (κ1) is 40.0. The number of rotatable bonds is 9. The number of aliphatic hydroxyl groups is 2. The van der Waals surface area contributed by atoms with Crippen molar-refractivity contribution in [1.29, 1.82) is 0 Å². The normalized spacial score (nSPS) is 30.8. The highest BCUT2D eigenvalue weighted by Crippen LogP contribution is 2.70. The molecule has 2 aromatic heterocycles. The van der Waals surface area contributed by atoms with Gasteiger partial charge in [0.25, 0.3) is 11.8 Å². The molecule has 2 saturated carbocycles. The van der Waals surface area contributed by atoms with Crippen molar-refractivity contribution in [2.24, 2.45) is 28.6 Å². The van der Waals surface area contributed by atoms with Crippen LogP contribution in [0.4, 0.5) is 21.8 Å². The van der Waals surface area contributed by atoms with Crippen LogP contribution < -0.4 is 27.0 Å². The largest absolute Gasteiger partial charge is 0.390 e. The summed E-state index contributed by atoms with van der Waals surface area (Å²) < 4.78 is 17.6. The fourth-order valence-corrected chi connectivity index (χ4v) is 10.6. The third kappa shape index (κ3) is 6.41. The first-order valence-corrected chi connectivity index (χ1v) is 20.0. The van der Waals surface area contributed by atoms with Gasteiger partial charge >= 0.3 is 0 Å². The molecule has 0 spiro atoms. The Labute approximate surface area is 341 Å². The van der Waals surface area contributed by atoms with E-state index in [0.29, 0.717) is 47.4 Å². The smallest absolute Gasteiger partial charge is 0.253 e. The molecule has 0 saturated heterocycles. The lowest BCUT2D eigenvalue weighted by Crippen LogP contribution is -2.69. The van der Waals surface area contributed by atoms with Gasteiger partial charge in [-0.3, -0.25) is 14.4 Å². The van der Waals surface area contributed by atoms with E-state index in [9.17, 15) is 24.6 Å². The summed E-state index contributed by atoms with van der Waals surface area (Å²) >= 11 is 0. The third-order valence-corrected chi connectivity index (χ3v) is 13.9. The molecule has 4 aromatic rings. The van der Waals surface area contributed by atoms with Crippen LogP contribution in [0.1, 0.15) is 73.6 Å². The highest BCUT2D eigenvalue weighted by atomic mass is 19.1. The zero-order valence-corrected chi connectivity index (χ0v) is 33.6. The maximum atomic E-state index is 17.6. The SMILES string of the molecule is C[C@@H]1C[C@H]2C3CC=C4CC(=O)C=C[C@]4(C)[C@@]3(F)[C@@H](O)C[C@]2(C)[C@@]1(O)C(=O)NCc1cccc(CNC(=O)c2ccc(N(C)Cc3cnc4nc(N)nc(N)c4n3)cc2)c1. The molecule has 8 N–H and O–H groups in total. The topological polar surface area (TPSA) is 223 Å². The summed E-state index contributed by atoms with van der Waals surface area (Å²) in [4.78, 5) is 58.3. The predicted molar refractivity (Wildman–Crippen MR) is 220 cm³/mol. The third-order valence-electron chi connectivity index (χ3n) is 13.9. The molecule has 14 nitrogen and oxygen atoms in total. The number of benzene rings is 2. The monoisotopic (exact) mass is 803 g/mol. The minimum atomic E-state index is -2.05. The van der Waals surface area contributed by atoms with E-state index >= 15 is 4.39 Å². The lowest BCUT2D eigenvalue weighted by Gasteiger charge is -2.61. The number of amides is 2. The quantitative estimate of drug-likeness (QED) is 0.132. The van der Waals surface area contributed by atoms with E-state index in [1.165, 1.54) is 6.08 Å². The summed E-state index contributed by atoms with van der Waals surface area (Å²) in [5.74, 6) is -2.24. The van der Waals surface area contributed by atoms with Crippen molar-refractivity contribution in [3.8, 4) is 0 Å². The zero-order chi connectivity index (χ0) is 42.1. The molecule has 2 aromatic carbocycles. The lowest BCUT2D eigenvalue weighted by atomic mass is 9.45. The van der Waals surface area contributed by atoms with E-state index in [2.05, 4.69) is 30.6 Å². The van der Waals surface area contributed by atoms with Crippen molar-refractivity contribution < 1.29 is 29.0 Å². The summed E-state index contributed by atoms with van der Waals surface area (Å²) in [5.41, 5.74) is 10.4. The Kier molecular flexibility index (Phi) is 9.82. The van der Waals surface area contributed by atoms with Gasteiger partial charge in [0.2, 0.25) is 5.95 Å². The number of carbonyl (C=O) groups is 3. The first-order valence-electron chi connectivity index (χ1n) is 20.0. The van der Waals surface area contributed by atoms with Gasteiger partial charge in [0, 0.05) is 54.6 Å². The Morgan fingerprint density at radius 2 is 1.73 bits per heavy atom. The van der Waals surface area contributed by atoms with Crippen molar-refractivity contribution in [3.63, 3.8) is 0 Å². The number of aliphatic hydroxyl groups excluding tert-OH is 1. The second-order valence-corrected chi connectivity index (χ2v) is 17.3. The standard InChI is InChI=1S/C44H50FN9O5/c1-24-16-33-32-13-10-28-18-31(55)14-15-41(28,2)43(32,45)34(56)19-42(33,3)44(24,59)39(58)50-21-26-7-5-6-25(17-26)20-49-38(57)27-8-11-30(12-9-27)54(4)23-29-22-48-37-35(51-29)36(46)52-40(47)53-37/h5-12,14-15,17,22,24,32-34,56,59H,13,16,18-21,23H2,1-4H3,(H,49,57)(H,50,58)(H4,46,47,48,52,53)/t24-,32?,33+,34+,41+,42+,43+,44+/m1/s1. The predicted octanol–water partition coefficient (Wildman–Crippen LogP) is 4.11. The highest BCUT2D eigenvalue weighted by molar-refractivity contribution is 5.95. The van der Waals surface area contributed by atoms with Crippen LogP contribution in [0.15, 0.2) is 78.5 Å². The van der Waals surface area contributed by atoms with Gasteiger partial charge in [-0.15, -0.1) is 0 Å². The number of nitrogens with one attached hydrogen (secondary N) is 2. The molecule has 2 fully saturated rings. The summed E-state index contributed by atoms with van der Waals surface area (Å²) in [6.45, 7) is 6.16. The van der Waals surface area contributed by atoms with E-state index in [0.717, 1.165) is 16.8 Å². The average Bonchev–Trinajstić information content (AvgIpc) is 3.41. The van der Waals surface area contributed by atoms with Gasteiger partial charge in [0.05, 0.1) is 24.5 Å². The molecular weight excluding hydrogens is 754 g/mol. The van der Waals surface area contributed by atoms with E-state index in [1.807, 2.05) is 68.3 Å². The number of halogens is 1. The van der Waals surface area contributed by atoms with Crippen LogP contribution in [0.5, 0.6) is 0 Å². The number of hydrogen-bond acceptors (Lipinski definition) is 12. The molecule has 0 aliphatic heterocycles. The van der Waals surface area contributed by atoms with Crippen molar-refractivity contribution in [2.75, 3.05) is 23.4 Å². The first-order chi connectivity index (χ1) is 28.0. The van der Waals surface area contributed by atoms with E-state index in [-0.39, 0.29) is 55.3 Å². The van der Waals surface area contributed by atoms with Crippen LogP contribution in [-0.2, 0) is 29.2 Å². The Bertz CT molecular complexity index is 2430. The number of ketones is 1. The number of anilines is 3. The second kappa shape index (κ2) is 14.5. The number of carbonyl (C=O) groups excluding carboxylic acids is 3. The van der Waals surface area contributed by atoms with Crippen LogP contribution in [-0.4, -0.2) is 72.2 Å². The fraction of sp³-hybridized carbons (Fsp3) is 0.432. The van der Waals surface area contributed by atoms with Crippen LogP contribution in [0, 0.1) is 28.6 Å². The van der Waals surface area contributed by atoms with Gasteiger partial charge in [-0.2, -0.15) is 9.97 Å². The summed E-state index contributed by atoms with van der Waals surface area (Å²) in [7, 11) is 1.89. The van der Waals surface area contributed by atoms with E-state index in [4.69, 9.17) is 11.5 Å². The maximum Gasteiger partial charge on any atom is 0.253 e. The molecular formula is C44H50FN9O5. The second-order valence-electron chi connectivity index (χ2n) is 17.3. The Morgan fingerprint density at radius 1 is 1.02 bits per heavy atom. The Hall–Kier alpha value is -5.80.